The second-order valence-corrected chi connectivity index (χ2v) is 5.00. The predicted molar refractivity (Wildman–Crippen MR) is 76.7 cm³/mol. The number of hydrogen-bond acceptors (Lipinski definition) is 3. The molecule has 0 unspecified atom stereocenters. The number of benzene rings is 1. The lowest BCUT2D eigenvalue weighted by molar-refractivity contribution is -0.123. The summed E-state index contributed by atoms with van der Waals surface area (Å²) in [6.45, 7) is 5.73. The number of phenols is 1. The molecule has 4 nitrogen and oxygen atoms in total. The quantitative estimate of drug-likeness (QED) is 0.819. The lowest BCUT2D eigenvalue weighted by Crippen LogP contribution is -2.47. The predicted octanol–water partition coefficient (Wildman–Crippen LogP) is 2.06. The molecule has 1 amide bonds. The van der Waals surface area contributed by atoms with Crippen molar-refractivity contribution in [2.24, 2.45) is 11.1 Å². The first-order valence-corrected chi connectivity index (χ1v) is 6.12. The number of rotatable bonds is 4. The van der Waals surface area contributed by atoms with Gasteiger partial charge in [-0.1, -0.05) is 18.3 Å². The Kier molecular flexibility index (Phi) is 4.29. The Hall–Kier alpha value is -1.62. The maximum atomic E-state index is 12.4. The molecule has 1 rings (SSSR count). The summed E-state index contributed by atoms with van der Waals surface area (Å²) >= 11 is 4.93. The van der Waals surface area contributed by atoms with E-state index in [9.17, 15) is 9.90 Å². The van der Waals surface area contributed by atoms with Crippen LogP contribution in [0.4, 0.5) is 5.69 Å². The fourth-order valence-electron chi connectivity index (χ4n) is 1.55. The van der Waals surface area contributed by atoms with Crippen molar-refractivity contribution >= 4 is 28.8 Å². The zero-order valence-corrected chi connectivity index (χ0v) is 11.6. The Bertz CT molecular complexity index is 472. The highest BCUT2D eigenvalue weighted by molar-refractivity contribution is 7.80. The number of amides is 1. The number of carbonyl (C=O) groups excluding carboxylic acids is 1. The Morgan fingerprint density at radius 2 is 2.11 bits per heavy atom. The number of phenolic OH excluding ortho intramolecular Hbond substituents is 1. The molecule has 0 fully saturated rings. The Balaban J connectivity index is 3.12. The molecule has 0 saturated carbocycles. The lowest BCUT2D eigenvalue weighted by Gasteiger charge is -2.30. The highest BCUT2D eigenvalue weighted by Gasteiger charge is 2.35. The zero-order valence-electron chi connectivity index (χ0n) is 10.8. The molecule has 0 saturated heterocycles. The molecule has 0 aliphatic heterocycles. The fourth-order valence-corrected chi connectivity index (χ4v) is 1.63. The van der Waals surface area contributed by atoms with Crippen molar-refractivity contribution in [1.29, 1.82) is 0 Å². The third kappa shape index (κ3) is 2.79. The molecule has 0 aromatic heterocycles. The second-order valence-electron chi connectivity index (χ2n) is 4.56. The first kappa shape index (κ1) is 14.4. The van der Waals surface area contributed by atoms with Gasteiger partial charge in [0.2, 0.25) is 5.91 Å². The molecular weight excluding hydrogens is 248 g/mol. The number of carbonyl (C=O) groups is 1. The van der Waals surface area contributed by atoms with Crippen molar-refractivity contribution in [1.82, 2.24) is 0 Å². The Morgan fingerprint density at radius 3 is 2.56 bits per heavy atom. The molecule has 0 radical (unpaired) electrons. The first-order chi connectivity index (χ1) is 8.30. The molecule has 98 valence electrons. The van der Waals surface area contributed by atoms with E-state index in [0.717, 1.165) is 0 Å². The average molecular weight is 266 g/mol. The van der Waals surface area contributed by atoms with E-state index in [-0.39, 0.29) is 16.6 Å². The maximum Gasteiger partial charge on any atom is 0.239 e. The summed E-state index contributed by atoms with van der Waals surface area (Å²) in [5, 5.41) is 9.46. The first-order valence-electron chi connectivity index (χ1n) is 5.71. The van der Waals surface area contributed by atoms with Crippen molar-refractivity contribution in [2.75, 3.05) is 11.4 Å². The van der Waals surface area contributed by atoms with Crippen molar-refractivity contribution in [3.63, 3.8) is 0 Å². The number of nitrogens with two attached hydrogens (primary N) is 1. The van der Waals surface area contributed by atoms with Crippen LogP contribution in [0.5, 0.6) is 5.75 Å². The molecule has 0 spiro atoms. The maximum absolute atomic E-state index is 12.4. The fraction of sp³-hybridized carbons (Fsp3) is 0.385. The van der Waals surface area contributed by atoms with Gasteiger partial charge in [-0.3, -0.25) is 4.79 Å². The summed E-state index contributed by atoms with van der Waals surface area (Å²) in [7, 11) is 0. The second kappa shape index (κ2) is 5.35. The minimum absolute atomic E-state index is 0.117. The van der Waals surface area contributed by atoms with Crippen LogP contribution < -0.4 is 10.6 Å². The highest BCUT2D eigenvalue weighted by Crippen LogP contribution is 2.26. The topological polar surface area (TPSA) is 66.6 Å². The standard InChI is InChI=1S/C13H18N2O2S/c1-4-15(9-6-5-7-10(16)8-9)12(17)13(2,3)11(14)18/h5-8,16H,4H2,1-3H3,(H2,14,18). The summed E-state index contributed by atoms with van der Waals surface area (Å²) in [4.78, 5) is 14.1. The number of hydrogen-bond donors (Lipinski definition) is 2. The average Bonchev–Trinajstić information content (AvgIpc) is 2.29. The van der Waals surface area contributed by atoms with Crippen molar-refractivity contribution in [3.05, 3.63) is 24.3 Å². The highest BCUT2D eigenvalue weighted by atomic mass is 32.1. The van der Waals surface area contributed by atoms with Crippen LogP contribution in [0.25, 0.3) is 0 Å². The normalized spacial score (nSPS) is 11.1. The molecule has 0 heterocycles. The van der Waals surface area contributed by atoms with Gasteiger partial charge in [-0.2, -0.15) is 0 Å². The number of anilines is 1. The van der Waals surface area contributed by atoms with E-state index < -0.39 is 5.41 Å². The van der Waals surface area contributed by atoms with Gasteiger partial charge in [0.15, 0.2) is 0 Å². The van der Waals surface area contributed by atoms with E-state index >= 15 is 0 Å². The third-order valence-electron chi connectivity index (χ3n) is 2.85. The molecule has 1 aromatic rings. The smallest absolute Gasteiger partial charge is 0.239 e. The summed E-state index contributed by atoms with van der Waals surface area (Å²) in [6, 6.07) is 6.54. The van der Waals surface area contributed by atoms with Crippen molar-refractivity contribution < 1.29 is 9.90 Å². The van der Waals surface area contributed by atoms with E-state index in [1.165, 1.54) is 6.07 Å². The molecule has 18 heavy (non-hydrogen) atoms. The Labute approximate surface area is 112 Å². The van der Waals surface area contributed by atoms with Gasteiger partial charge in [0.05, 0.1) is 10.4 Å². The van der Waals surface area contributed by atoms with Crippen LogP contribution in [0.3, 0.4) is 0 Å². The SMILES string of the molecule is CCN(C(=O)C(C)(C)C(N)=S)c1cccc(O)c1. The largest absolute Gasteiger partial charge is 0.508 e. The third-order valence-corrected chi connectivity index (χ3v) is 3.36. The molecule has 5 heteroatoms. The molecule has 0 aliphatic rings. The van der Waals surface area contributed by atoms with E-state index in [1.54, 1.807) is 36.9 Å². The van der Waals surface area contributed by atoms with Crippen LogP contribution in [0.2, 0.25) is 0 Å². The van der Waals surface area contributed by atoms with Gasteiger partial charge in [-0.15, -0.1) is 0 Å². The summed E-state index contributed by atoms with van der Waals surface area (Å²) < 4.78 is 0. The minimum Gasteiger partial charge on any atom is -0.508 e. The molecule has 1 aromatic carbocycles. The van der Waals surface area contributed by atoms with Gasteiger partial charge in [-0.25, -0.2) is 0 Å². The molecule has 0 atom stereocenters. The summed E-state index contributed by atoms with van der Waals surface area (Å²) in [5.41, 5.74) is 5.33. The van der Waals surface area contributed by atoms with Crippen LogP contribution in [0, 0.1) is 5.41 Å². The van der Waals surface area contributed by atoms with Gasteiger partial charge in [-0.05, 0) is 32.9 Å². The summed E-state index contributed by atoms with van der Waals surface area (Å²) in [5.74, 6) is -0.0602. The van der Waals surface area contributed by atoms with Crippen molar-refractivity contribution in [2.45, 2.75) is 20.8 Å². The van der Waals surface area contributed by atoms with Gasteiger partial charge in [0, 0.05) is 18.3 Å². The van der Waals surface area contributed by atoms with Crippen LogP contribution in [-0.2, 0) is 4.79 Å². The Morgan fingerprint density at radius 1 is 1.50 bits per heavy atom. The van der Waals surface area contributed by atoms with Gasteiger partial charge in [0.25, 0.3) is 0 Å². The molecule has 0 bridgehead atoms. The minimum atomic E-state index is -0.906. The molecule has 3 N–H and O–H groups in total. The lowest BCUT2D eigenvalue weighted by atomic mass is 9.91. The van der Waals surface area contributed by atoms with Gasteiger partial charge in [0.1, 0.15) is 5.75 Å². The monoisotopic (exact) mass is 266 g/mol. The molecule has 0 aliphatic carbocycles. The van der Waals surface area contributed by atoms with E-state index in [2.05, 4.69) is 0 Å². The number of nitrogens with zero attached hydrogens (tertiary/aromatic N) is 1. The van der Waals surface area contributed by atoms with Crippen LogP contribution in [-0.4, -0.2) is 22.5 Å². The number of thiocarbonyl (C=S) groups is 1. The van der Waals surface area contributed by atoms with Crippen LogP contribution in [0.15, 0.2) is 24.3 Å². The number of aromatic hydroxyl groups is 1. The van der Waals surface area contributed by atoms with E-state index in [0.29, 0.717) is 12.2 Å². The van der Waals surface area contributed by atoms with Gasteiger partial charge < -0.3 is 15.7 Å². The van der Waals surface area contributed by atoms with Gasteiger partial charge >= 0.3 is 0 Å². The zero-order chi connectivity index (χ0) is 13.9. The summed E-state index contributed by atoms with van der Waals surface area (Å²) in [6.07, 6.45) is 0. The van der Waals surface area contributed by atoms with Crippen molar-refractivity contribution in [3.8, 4) is 5.75 Å². The van der Waals surface area contributed by atoms with E-state index in [4.69, 9.17) is 18.0 Å². The van der Waals surface area contributed by atoms with Crippen LogP contribution >= 0.6 is 12.2 Å². The molecular formula is C13H18N2O2S. The van der Waals surface area contributed by atoms with Crippen LogP contribution in [0.1, 0.15) is 20.8 Å². The van der Waals surface area contributed by atoms with E-state index in [1.807, 2.05) is 6.92 Å².